The third kappa shape index (κ3) is 8.61. The minimum absolute atomic E-state index is 0.170. The van der Waals surface area contributed by atoms with Crippen molar-refractivity contribution in [2.45, 2.75) is 33.3 Å². The second-order valence-electron chi connectivity index (χ2n) is 5.81. The fourth-order valence-electron chi connectivity index (χ4n) is 1.63. The number of ether oxygens (including phenoxy) is 2. The lowest BCUT2D eigenvalue weighted by atomic mass is 10.2. The molecule has 24 heavy (non-hydrogen) atoms. The Morgan fingerprint density at radius 1 is 1.33 bits per heavy atom. The molecule has 0 spiro atoms. The number of amides is 2. The van der Waals surface area contributed by atoms with E-state index in [9.17, 15) is 9.59 Å². The molecule has 0 saturated carbocycles. The zero-order chi connectivity index (χ0) is 18.0. The number of alkyl carbamates (subject to hydrolysis) is 1. The van der Waals surface area contributed by atoms with Crippen LogP contribution < -0.4 is 15.4 Å². The molecule has 8 heteroatoms. The number of carbonyl (C=O) groups is 2. The molecule has 7 nitrogen and oxygen atoms in total. The van der Waals surface area contributed by atoms with Gasteiger partial charge >= 0.3 is 6.09 Å². The third-order valence-electron chi connectivity index (χ3n) is 2.48. The van der Waals surface area contributed by atoms with Crippen LogP contribution in [0.25, 0.3) is 0 Å². The Kier molecular flexibility index (Phi) is 8.39. The number of pyridine rings is 1. The predicted octanol–water partition coefficient (Wildman–Crippen LogP) is 2.68. The second kappa shape index (κ2) is 10.0. The highest BCUT2D eigenvalue weighted by atomic mass is 32.2. The Labute approximate surface area is 146 Å². The van der Waals surface area contributed by atoms with Crippen molar-refractivity contribution < 1.29 is 19.1 Å². The standard InChI is InChI=1S/C16H25N3O4S/c1-5-22-12-7-6-8-17-14(12)19-13(20)11-24-10-9-18-15(21)23-16(2,3)4/h6-8H,5,9-11H2,1-4H3,(H,18,21)(H,17,19,20). The molecule has 1 rings (SSSR count). The van der Waals surface area contributed by atoms with Gasteiger partial charge in [0.1, 0.15) is 5.60 Å². The summed E-state index contributed by atoms with van der Waals surface area (Å²) in [6.07, 6.45) is 1.14. The minimum atomic E-state index is -0.516. The first-order valence-corrected chi connectivity index (χ1v) is 8.89. The van der Waals surface area contributed by atoms with E-state index < -0.39 is 11.7 Å². The van der Waals surface area contributed by atoms with Crippen LogP contribution in [0.5, 0.6) is 5.75 Å². The van der Waals surface area contributed by atoms with Gasteiger partial charge in [0, 0.05) is 18.5 Å². The summed E-state index contributed by atoms with van der Waals surface area (Å²) in [5, 5.41) is 5.36. The van der Waals surface area contributed by atoms with Crippen LogP contribution in [0.1, 0.15) is 27.7 Å². The molecular formula is C16H25N3O4S. The van der Waals surface area contributed by atoms with Crippen LogP contribution in [-0.2, 0) is 9.53 Å². The number of thioether (sulfide) groups is 1. The monoisotopic (exact) mass is 355 g/mol. The van der Waals surface area contributed by atoms with E-state index in [1.165, 1.54) is 11.8 Å². The summed E-state index contributed by atoms with van der Waals surface area (Å²) in [5.74, 6) is 1.66. The first kappa shape index (κ1) is 20.1. The molecule has 0 unspecified atom stereocenters. The van der Waals surface area contributed by atoms with Gasteiger partial charge in [-0.25, -0.2) is 9.78 Å². The molecule has 0 atom stereocenters. The van der Waals surface area contributed by atoms with Crippen LogP contribution in [0.2, 0.25) is 0 Å². The zero-order valence-corrected chi connectivity index (χ0v) is 15.4. The molecule has 0 bridgehead atoms. The number of aromatic nitrogens is 1. The van der Waals surface area contributed by atoms with Gasteiger partial charge in [-0.2, -0.15) is 11.8 Å². The number of anilines is 1. The van der Waals surface area contributed by atoms with E-state index in [0.29, 0.717) is 30.5 Å². The lowest BCUT2D eigenvalue weighted by molar-refractivity contribution is -0.113. The average molecular weight is 355 g/mol. The van der Waals surface area contributed by atoms with E-state index in [0.717, 1.165) is 0 Å². The fourth-order valence-corrected chi connectivity index (χ4v) is 2.28. The van der Waals surface area contributed by atoms with Crippen molar-refractivity contribution in [2.75, 3.05) is 30.0 Å². The van der Waals surface area contributed by atoms with Gasteiger partial charge < -0.3 is 20.1 Å². The summed E-state index contributed by atoms with van der Waals surface area (Å²) in [7, 11) is 0. The van der Waals surface area contributed by atoms with E-state index in [1.54, 1.807) is 39.1 Å². The van der Waals surface area contributed by atoms with Crippen LogP contribution in [0.15, 0.2) is 18.3 Å². The number of hydrogen-bond donors (Lipinski definition) is 2. The minimum Gasteiger partial charge on any atom is -0.490 e. The van der Waals surface area contributed by atoms with Crippen molar-refractivity contribution in [3.05, 3.63) is 18.3 Å². The third-order valence-corrected chi connectivity index (χ3v) is 3.44. The molecular weight excluding hydrogens is 330 g/mol. The lowest BCUT2D eigenvalue weighted by Crippen LogP contribution is -2.33. The van der Waals surface area contributed by atoms with Gasteiger partial charge in [-0.15, -0.1) is 0 Å². The van der Waals surface area contributed by atoms with Crippen LogP contribution >= 0.6 is 11.8 Å². The molecule has 0 fully saturated rings. The molecule has 0 radical (unpaired) electrons. The first-order chi connectivity index (χ1) is 11.3. The quantitative estimate of drug-likeness (QED) is 0.697. The molecule has 0 aliphatic rings. The molecule has 0 aromatic carbocycles. The Hall–Kier alpha value is -1.96. The summed E-state index contributed by atoms with van der Waals surface area (Å²) >= 11 is 1.41. The van der Waals surface area contributed by atoms with Gasteiger partial charge in [0.25, 0.3) is 0 Å². The first-order valence-electron chi connectivity index (χ1n) is 7.74. The Morgan fingerprint density at radius 3 is 2.75 bits per heavy atom. The van der Waals surface area contributed by atoms with E-state index >= 15 is 0 Å². The number of rotatable bonds is 8. The molecule has 0 aliphatic heterocycles. The SMILES string of the molecule is CCOc1cccnc1NC(=O)CSCCNC(=O)OC(C)(C)C. The van der Waals surface area contributed by atoms with Gasteiger partial charge in [-0.3, -0.25) is 4.79 Å². The molecule has 1 aromatic rings. The van der Waals surface area contributed by atoms with E-state index in [4.69, 9.17) is 9.47 Å². The van der Waals surface area contributed by atoms with Crippen LogP contribution in [0, 0.1) is 0 Å². The summed E-state index contributed by atoms with van der Waals surface area (Å²) < 4.78 is 10.5. The molecule has 1 aromatic heterocycles. The van der Waals surface area contributed by atoms with Crippen molar-refractivity contribution in [3.63, 3.8) is 0 Å². The molecule has 2 amide bonds. The van der Waals surface area contributed by atoms with Crippen LogP contribution in [0.4, 0.5) is 10.6 Å². The highest BCUT2D eigenvalue weighted by Crippen LogP contribution is 2.20. The largest absolute Gasteiger partial charge is 0.490 e. The molecule has 134 valence electrons. The Balaban J connectivity index is 2.24. The maximum atomic E-state index is 11.9. The normalized spacial score (nSPS) is 10.8. The van der Waals surface area contributed by atoms with Crippen molar-refractivity contribution >= 4 is 29.6 Å². The molecule has 1 heterocycles. The van der Waals surface area contributed by atoms with Gasteiger partial charge in [0.2, 0.25) is 5.91 Å². The smallest absolute Gasteiger partial charge is 0.407 e. The molecule has 0 saturated heterocycles. The summed E-state index contributed by atoms with van der Waals surface area (Å²) in [4.78, 5) is 27.5. The van der Waals surface area contributed by atoms with Gasteiger partial charge in [0.15, 0.2) is 11.6 Å². The van der Waals surface area contributed by atoms with Gasteiger partial charge in [0.05, 0.1) is 12.4 Å². The maximum absolute atomic E-state index is 11.9. The van der Waals surface area contributed by atoms with Crippen molar-refractivity contribution in [2.24, 2.45) is 0 Å². The molecule has 0 aliphatic carbocycles. The zero-order valence-electron chi connectivity index (χ0n) is 14.5. The fraction of sp³-hybridized carbons (Fsp3) is 0.562. The lowest BCUT2D eigenvalue weighted by Gasteiger charge is -2.19. The maximum Gasteiger partial charge on any atom is 0.407 e. The molecule has 2 N–H and O–H groups in total. The topological polar surface area (TPSA) is 89.5 Å². The number of carbonyl (C=O) groups excluding carboxylic acids is 2. The van der Waals surface area contributed by atoms with Gasteiger partial charge in [-0.05, 0) is 39.8 Å². The highest BCUT2D eigenvalue weighted by molar-refractivity contribution is 7.99. The van der Waals surface area contributed by atoms with Crippen LogP contribution in [0.3, 0.4) is 0 Å². The Morgan fingerprint density at radius 2 is 2.08 bits per heavy atom. The van der Waals surface area contributed by atoms with E-state index in [2.05, 4.69) is 15.6 Å². The average Bonchev–Trinajstić information content (AvgIpc) is 2.47. The van der Waals surface area contributed by atoms with Gasteiger partial charge in [-0.1, -0.05) is 0 Å². The van der Waals surface area contributed by atoms with E-state index in [1.807, 2.05) is 6.92 Å². The van der Waals surface area contributed by atoms with Crippen LogP contribution in [-0.4, -0.2) is 47.2 Å². The number of nitrogens with zero attached hydrogens (tertiary/aromatic N) is 1. The van der Waals surface area contributed by atoms with Crippen molar-refractivity contribution in [3.8, 4) is 5.75 Å². The summed E-state index contributed by atoms with van der Waals surface area (Å²) in [6.45, 7) is 8.21. The highest BCUT2D eigenvalue weighted by Gasteiger charge is 2.15. The van der Waals surface area contributed by atoms with Crippen molar-refractivity contribution in [1.82, 2.24) is 10.3 Å². The predicted molar refractivity (Wildman–Crippen MR) is 95.6 cm³/mol. The Bertz CT molecular complexity index is 546. The summed E-state index contributed by atoms with van der Waals surface area (Å²) in [5.41, 5.74) is -0.516. The summed E-state index contributed by atoms with van der Waals surface area (Å²) in [6, 6.07) is 3.50. The number of hydrogen-bond acceptors (Lipinski definition) is 6. The van der Waals surface area contributed by atoms with Crippen molar-refractivity contribution in [1.29, 1.82) is 0 Å². The van der Waals surface area contributed by atoms with E-state index in [-0.39, 0.29) is 11.7 Å². The number of nitrogens with one attached hydrogen (secondary N) is 2. The second-order valence-corrected chi connectivity index (χ2v) is 6.92.